The molecule has 0 aliphatic carbocycles. The second-order valence-electron chi connectivity index (χ2n) is 6.88. The number of aromatic nitrogens is 2. The maximum atomic E-state index is 12.5. The maximum absolute atomic E-state index is 12.5. The molecule has 0 unspecified atom stereocenters. The predicted octanol–water partition coefficient (Wildman–Crippen LogP) is 3.95. The number of amides is 1. The van der Waals surface area contributed by atoms with Gasteiger partial charge in [-0.1, -0.05) is 12.1 Å². The van der Waals surface area contributed by atoms with Crippen LogP contribution < -0.4 is 19.5 Å². The largest absolute Gasteiger partial charge is 0.497 e. The number of carbonyl (C=O) groups is 1. The first-order chi connectivity index (χ1) is 15.1. The molecule has 0 radical (unpaired) electrons. The number of methoxy groups -OCH3 is 3. The molecule has 0 aliphatic heterocycles. The molecule has 1 N–H and O–H groups in total. The van der Waals surface area contributed by atoms with Gasteiger partial charge in [-0.15, -0.1) is 11.3 Å². The molecule has 31 heavy (non-hydrogen) atoms. The summed E-state index contributed by atoms with van der Waals surface area (Å²) in [6.07, 6.45) is 2.21. The third kappa shape index (κ3) is 4.49. The molecule has 4 aromatic rings. The first-order valence-corrected chi connectivity index (χ1v) is 10.6. The molecular formula is C23H23N3O4S. The molecule has 4 rings (SSSR count). The van der Waals surface area contributed by atoms with Gasteiger partial charge in [0.1, 0.15) is 5.75 Å². The second-order valence-corrected chi connectivity index (χ2v) is 7.72. The van der Waals surface area contributed by atoms with Gasteiger partial charge in [0, 0.05) is 29.4 Å². The van der Waals surface area contributed by atoms with Crippen LogP contribution in [0.15, 0.2) is 54.0 Å². The number of hydrogen-bond donors (Lipinski definition) is 1. The minimum absolute atomic E-state index is 0.0520. The molecule has 8 heteroatoms. The lowest BCUT2D eigenvalue weighted by Gasteiger charge is -2.08. The van der Waals surface area contributed by atoms with Gasteiger partial charge in [-0.05, 0) is 35.9 Å². The average Bonchev–Trinajstić information content (AvgIpc) is 3.39. The lowest BCUT2D eigenvalue weighted by Crippen LogP contribution is -2.25. The van der Waals surface area contributed by atoms with E-state index in [9.17, 15) is 4.79 Å². The summed E-state index contributed by atoms with van der Waals surface area (Å²) in [5.41, 5.74) is 3.61. The molecule has 0 saturated carbocycles. The summed E-state index contributed by atoms with van der Waals surface area (Å²) in [5, 5.41) is 4.93. The SMILES string of the molecule is COc1cccc(CNC(=O)Cc2csc3nc(-c4ccc(OC)c(OC)c4)cn23)c1. The van der Waals surface area contributed by atoms with Crippen LogP contribution in [-0.2, 0) is 17.8 Å². The Labute approximate surface area is 184 Å². The van der Waals surface area contributed by atoms with E-state index in [-0.39, 0.29) is 12.3 Å². The number of imidazole rings is 1. The standard InChI is InChI=1S/C23H23N3O4S/c1-28-18-6-4-5-15(9-18)12-24-22(27)11-17-14-31-23-25-19(13-26(17)23)16-7-8-20(29-2)21(10-16)30-3/h4-10,13-14H,11-12H2,1-3H3,(H,24,27). The van der Waals surface area contributed by atoms with Crippen molar-refractivity contribution >= 4 is 22.2 Å². The lowest BCUT2D eigenvalue weighted by molar-refractivity contribution is -0.120. The zero-order chi connectivity index (χ0) is 21.8. The Morgan fingerprint density at radius 2 is 1.90 bits per heavy atom. The topological polar surface area (TPSA) is 74.1 Å². The molecule has 0 fully saturated rings. The molecule has 0 saturated heterocycles. The first-order valence-electron chi connectivity index (χ1n) is 9.68. The van der Waals surface area contributed by atoms with Gasteiger partial charge in [-0.25, -0.2) is 4.98 Å². The van der Waals surface area contributed by atoms with Gasteiger partial charge in [0.05, 0.1) is 33.4 Å². The summed E-state index contributed by atoms with van der Waals surface area (Å²) >= 11 is 1.51. The van der Waals surface area contributed by atoms with Gasteiger partial charge < -0.3 is 19.5 Å². The summed E-state index contributed by atoms with van der Waals surface area (Å²) in [5.74, 6) is 2.03. The highest BCUT2D eigenvalue weighted by Gasteiger charge is 2.14. The van der Waals surface area contributed by atoms with Crippen molar-refractivity contribution in [3.63, 3.8) is 0 Å². The Balaban J connectivity index is 1.48. The fraction of sp³-hybridized carbons (Fsp3) is 0.217. The normalized spacial score (nSPS) is 10.8. The molecule has 2 aromatic heterocycles. The van der Waals surface area contributed by atoms with Gasteiger partial charge in [0.15, 0.2) is 16.5 Å². The summed E-state index contributed by atoms with van der Waals surface area (Å²) in [4.78, 5) is 18.0. The van der Waals surface area contributed by atoms with Crippen LogP contribution in [-0.4, -0.2) is 36.6 Å². The minimum Gasteiger partial charge on any atom is -0.497 e. The molecule has 1 amide bonds. The van der Waals surface area contributed by atoms with E-state index in [0.29, 0.717) is 18.0 Å². The highest BCUT2D eigenvalue weighted by atomic mass is 32.1. The lowest BCUT2D eigenvalue weighted by atomic mass is 10.1. The highest BCUT2D eigenvalue weighted by Crippen LogP contribution is 2.32. The fourth-order valence-electron chi connectivity index (χ4n) is 3.30. The van der Waals surface area contributed by atoms with Crippen LogP contribution in [0.2, 0.25) is 0 Å². The van der Waals surface area contributed by atoms with Crippen LogP contribution in [0.3, 0.4) is 0 Å². The highest BCUT2D eigenvalue weighted by molar-refractivity contribution is 7.15. The molecule has 0 spiro atoms. The van der Waals surface area contributed by atoms with Gasteiger partial charge in [0.2, 0.25) is 5.91 Å². The fourth-order valence-corrected chi connectivity index (χ4v) is 4.17. The number of hydrogen-bond acceptors (Lipinski definition) is 6. The molecule has 7 nitrogen and oxygen atoms in total. The van der Waals surface area contributed by atoms with Crippen LogP contribution in [0.25, 0.3) is 16.2 Å². The van der Waals surface area contributed by atoms with E-state index in [4.69, 9.17) is 19.2 Å². The smallest absolute Gasteiger partial charge is 0.226 e. The second kappa shape index (κ2) is 9.09. The number of fused-ring (bicyclic) bond motifs is 1. The molecular weight excluding hydrogens is 414 g/mol. The zero-order valence-corrected chi connectivity index (χ0v) is 18.4. The van der Waals surface area contributed by atoms with Gasteiger partial charge in [-0.2, -0.15) is 0 Å². The van der Waals surface area contributed by atoms with E-state index < -0.39 is 0 Å². The molecule has 160 valence electrons. The number of ether oxygens (including phenoxy) is 3. The number of carbonyl (C=O) groups excluding carboxylic acids is 1. The van der Waals surface area contributed by atoms with Crippen LogP contribution in [0.5, 0.6) is 17.2 Å². The molecule has 2 heterocycles. The Hall–Kier alpha value is -3.52. The monoisotopic (exact) mass is 437 g/mol. The van der Waals surface area contributed by atoms with Crippen LogP contribution in [0.4, 0.5) is 0 Å². The van der Waals surface area contributed by atoms with Gasteiger partial charge >= 0.3 is 0 Å². The van der Waals surface area contributed by atoms with Crippen LogP contribution in [0.1, 0.15) is 11.3 Å². The Morgan fingerprint density at radius 1 is 1.06 bits per heavy atom. The van der Waals surface area contributed by atoms with Gasteiger partial charge in [-0.3, -0.25) is 9.20 Å². The van der Waals surface area contributed by atoms with Crippen molar-refractivity contribution in [2.75, 3.05) is 21.3 Å². The van der Waals surface area contributed by atoms with Crippen molar-refractivity contribution < 1.29 is 19.0 Å². The predicted molar refractivity (Wildman–Crippen MR) is 120 cm³/mol. The summed E-state index contributed by atoms with van der Waals surface area (Å²) in [6, 6.07) is 13.3. The summed E-state index contributed by atoms with van der Waals surface area (Å²) < 4.78 is 17.9. The summed E-state index contributed by atoms with van der Waals surface area (Å²) in [7, 11) is 4.84. The minimum atomic E-state index is -0.0520. The van der Waals surface area contributed by atoms with Crippen LogP contribution in [0, 0.1) is 0 Å². The first kappa shape index (κ1) is 20.7. The number of nitrogens with zero attached hydrogens (tertiary/aromatic N) is 2. The van der Waals surface area contributed by atoms with Crippen molar-refractivity contribution in [1.82, 2.24) is 14.7 Å². The van der Waals surface area contributed by atoms with E-state index in [1.165, 1.54) is 11.3 Å². The third-order valence-electron chi connectivity index (χ3n) is 4.93. The number of rotatable bonds is 8. The molecule has 0 atom stereocenters. The van der Waals surface area contributed by atoms with E-state index in [2.05, 4.69) is 5.32 Å². The maximum Gasteiger partial charge on any atom is 0.226 e. The van der Waals surface area contributed by atoms with E-state index >= 15 is 0 Å². The van der Waals surface area contributed by atoms with E-state index in [1.807, 2.05) is 58.4 Å². The van der Waals surface area contributed by atoms with Crippen LogP contribution >= 0.6 is 11.3 Å². The molecule has 0 bridgehead atoms. The van der Waals surface area contributed by atoms with Crippen molar-refractivity contribution in [1.29, 1.82) is 0 Å². The van der Waals surface area contributed by atoms with Crippen molar-refractivity contribution in [3.05, 3.63) is 65.3 Å². The molecule has 0 aliphatic rings. The number of nitrogens with one attached hydrogen (secondary N) is 1. The van der Waals surface area contributed by atoms with Crippen molar-refractivity contribution in [2.45, 2.75) is 13.0 Å². The Morgan fingerprint density at radius 3 is 2.68 bits per heavy atom. The van der Waals surface area contributed by atoms with Crippen molar-refractivity contribution in [3.8, 4) is 28.5 Å². The summed E-state index contributed by atoms with van der Waals surface area (Å²) in [6.45, 7) is 0.449. The Bertz CT molecular complexity index is 1210. The van der Waals surface area contributed by atoms with Crippen molar-refractivity contribution in [2.24, 2.45) is 0 Å². The number of benzene rings is 2. The molecule has 2 aromatic carbocycles. The zero-order valence-electron chi connectivity index (χ0n) is 17.5. The quantitative estimate of drug-likeness (QED) is 0.452. The third-order valence-corrected chi connectivity index (χ3v) is 5.82. The average molecular weight is 438 g/mol. The number of thiazole rings is 1. The van der Waals surface area contributed by atoms with E-state index in [0.717, 1.165) is 33.2 Å². The van der Waals surface area contributed by atoms with Gasteiger partial charge in [0.25, 0.3) is 0 Å². The Kier molecular flexibility index (Phi) is 6.08. The van der Waals surface area contributed by atoms with E-state index in [1.54, 1.807) is 21.3 Å².